The Bertz CT molecular complexity index is 907. The van der Waals surface area contributed by atoms with E-state index in [2.05, 4.69) is 57.7 Å². The maximum Gasteiger partial charge on any atom is 0.128 e. The number of morpholine rings is 1. The molecular weight excluding hydrogens is 338 g/mol. The average molecular weight is 363 g/mol. The lowest BCUT2D eigenvalue weighted by Gasteiger charge is -2.28. The number of benzene rings is 2. The number of anilines is 1. The summed E-state index contributed by atoms with van der Waals surface area (Å²) in [7, 11) is 1.73. The van der Waals surface area contributed by atoms with Gasteiger partial charge < -0.3 is 19.7 Å². The van der Waals surface area contributed by atoms with E-state index in [1.165, 1.54) is 21.9 Å². The SMILES string of the molecule is COc1ccc2ccccc2c1CNCc1ccnc(N2CCOCC2)c1. The molecule has 0 unspecified atom stereocenters. The second-order valence-electron chi connectivity index (χ2n) is 6.69. The van der Waals surface area contributed by atoms with E-state index in [1.54, 1.807) is 7.11 Å². The van der Waals surface area contributed by atoms with Crippen molar-refractivity contribution in [1.82, 2.24) is 10.3 Å². The fourth-order valence-corrected chi connectivity index (χ4v) is 3.56. The van der Waals surface area contributed by atoms with Gasteiger partial charge in [0.25, 0.3) is 0 Å². The maximum atomic E-state index is 5.59. The Kier molecular flexibility index (Phi) is 5.51. The van der Waals surface area contributed by atoms with Gasteiger partial charge in [0, 0.05) is 37.9 Å². The van der Waals surface area contributed by atoms with Gasteiger partial charge in [0.05, 0.1) is 20.3 Å². The van der Waals surface area contributed by atoms with Crippen LogP contribution in [0.5, 0.6) is 5.75 Å². The van der Waals surface area contributed by atoms with E-state index in [9.17, 15) is 0 Å². The first-order valence-corrected chi connectivity index (χ1v) is 9.38. The van der Waals surface area contributed by atoms with E-state index < -0.39 is 0 Å². The van der Waals surface area contributed by atoms with Gasteiger partial charge in [0.2, 0.25) is 0 Å². The number of ether oxygens (including phenoxy) is 2. The average Bonchev–Trinajstić information content (AvgIpc) is 2.74. The lowest BCUT2D eigenvalue weighted by atomic mass is 10.0. The number of pyridine rings is 1. The van der Waals surface area contributed by atoms with Gasteiger partial charge in [-0.25, -0.2) is 4.98 Å². The third-order valence-corrected chi connectivity index (χ3v) is 4.99. The predicted octanol–water partition coefficient (Wildman–Crippen LogP) is 3.37. The number of nitrogens with zero attached hydrogens (tertiary/aromatic N) is 2. The van der Waals surface area contributed by atoms with Crippen LogP contribution >= 0.6 is 0 Å². The minimum atomic E-state index is 0.750. The highest BCUT2D eigenvalue weighted by molar-refractivity contribution is 5.87. The van der Waals surface area contributed by atoms with Crippen molar-refractivity contribution in [2.24, 2.45) is 0 Å². The van der Waals surface area contributed by atoms with Crippen molar-refractivity contribution in [2.45, 2.75) is 13.1 Å². The highest BCUT2D eigenvalue weighted by atomic mass is 16.5. The second kappa shape index (κ2) is 8.37. The van der Waals surface area contributed by atoms with Crippen LogP contribution in [-0.2, 0) is 17.8 Å². The zero-order valence-electron chi connectivity index (χ0n) is 15.6. The van der Waals surface area contributed by atoms with E-state index in [4.69, 9.17) is 9.47 Å². The van der Waals surface area contributed by atoms with Crippen molar-refractivity contribution in [3.8, 4) is 5.75 Å². The Hall–Kier alpha value is -2.63. The molecule has 1 N–H and O–H groups in total. The monoisotopic (exact) mass is 363 g/mol. The zero-order valence-corrected chi connectivity index (χ0v) is 15.6. The van der Waals surface area contributed by atoms with Crippen molar-refractivity contribution < 1.29 is 9.47 Å². The summed E-state index contributed by atoms with van der Waals surface area (Å²) in [5.41, 5.74) is 2.42. The van der Waals surface area contributed by atoms with Crippen molar-refractivity contribution in [1.29, 1.82) is 0 Å². The molecule has 1 aromatic heterocycles. The number of fused-ring (bicyclic) bond motifs is 1. The highest BCUT2D eigenvalue weighted by Crippen LogP contribution is 2.28. The zero-order chi connectivity index (χ0) is 18.5. The van der Waals surface area contributed by atoms with Gasteiger partial charge >= 0.3 is 0 Å². The highest BCUT2D eigenvalue weighted by Gasteiger charge is 2.13. The van der Waals surface area contributed by atoms with Gasteiger partial charge in [0.15, 0.2) is 0 Å². The van der Waals surface area contributed by atoms with Crippen LogP contribution in [0, 0.1) is 0 Å². The van der Waals surface area contributed by atoms with E-state index in [1.807, 2.05) is 12.3 Å². The van der Waals surface area contributed by atoms with Gasteiger partial charge in [-0.15, -0.1) is 0 Å². The molecule has 4 rings (SSSR count). The summed E-state index contributed by atoms with van der Waals surface area (Å²) in [6, 6.07) is 16.8. The molecule has 0 saturated carbocycles. The minimum Gasteiger partial charge on any atom is -0.496 e. The van der Waals surface area contributed by atoms with Gasteiger partial charge in [-0.2, -0.15) is 0 Å². The first-order chi connectivity index (χ1) is 13.3. The molecule has 2 aromatic carbocycles. The van der Waals surface area contributed by atoms with Crippen LogP contribution in [0.25, 0.3) is 10.8 Å². The molecule has 140 valence electrons. The van der Waals surface area contributed by atoms with Gasteiger partial charge in [-0.05, 0) is 34.5 Å². The molecule has 2 heterocycles. The Morgan fingerprint density at radius 3 is 2.78 bits per heavy atom. The van der Waals surface area contributed by atoms with Gasteiger partial charge in [-0.1, -0.05) is 30.3 Å². The van der Waals surface area contributed by atoms with Crippen LogP contribution in [0.3, 0.4) is 0 Å². The standard InChI is InChI=1S/C22H25N3O2/c1-26-21-7-6-18-4-2-3-5-19(18)20(21)16-23-15-17-8-9-24-22(14-17)25-10-12-27-13-11-25/h2-9,14,23H,10-13,15-16H2,1H3. The molecule has 5 nitrogen and oxygen atoms in total. The van der Waals surface area contributed by atoms with Gasteiger partial charge in [0.1, 0.15) is 11.6 Å². The molecule has 0 aliphatic carbocycles. The lowest BCUT2D eigenvalue weighted by molar-refractivity contribution is 0.122. The summed E-state index contributed by atoms with van der Waals surface area (Å²) in [6.45, 7) is 4.87. The Labute approximate surface area is 159 Å². The molecule has 1 aliphatic rings. The third kappa shape index (κ3) is 4.04. The first kappa shape index (κ1) is 17.8. The van der Waals surface area contributed by atoms with E-state index in [-0.39, 0.29) is 0 Å². The number of nitrogens with one attached hydrogen (secondary N) is 1. The van der Waals surface area contributed by atoms with Gasteiger partial charge in [-0.3, -0.25) is 0 Å². The second-order valence-corrected chi connectivity index (χ2v) is 6.69. The molecule has 3 aromatic rings. The smallest absolute Gasteiger partial charge is 0.128 e. The molecule has 1 saturated heterocycles. The van der Waals surface area contributed by atoms with Crippen molar-refractivity contribution >= 4 is 16.6 Å². The number of rotatable bonds is 6. The minimum absolute atomic E-state index is 0.750. The number of hydrogen-bond acceptors (Lipinski definition) is 5. The first-order valence-electron chi connectivity index (χ1n) is 9.38. The van der Waals surface area contributed by atoms with E-state index in [0.717, 1.165) is 51.0 Å². The fourth-order valence-electron chi connectivity index (χ4n) is 3.56. The number of hydrogen-bond donors (Lipinski definition) is 1. The molecule has 0 bridgehead atoms. The van der Waals surface area contributed by atoms with Crippen LogP contribution in [0.15, 0.2) is 54.7 Å². The lowest BCUT2D eigenvalue weighted by Crippen LogP contribution is -2.36. The number of methoxy groups -OCH3 is 1. The molecule has 27 heavy (non-hydrogen) atoms. The Morgan fingerprint density at radius 2 is 1.93 bits per heavy atom. The molecule has 1 fully saturated rings. The molecule has 1 aliphatic heterocycles. The topological polar surface area (TPSA) is 46.6 Å². The van der Waals surface area contributed by atoms with E-state index >= 15 is 0 Å². The normalized spacial score (nSPS) is 14.5. The molecular formula is C22H25N3O2. The Balaban J connectivity index is 1.46. The Morgan fingerprint density at radius 1 is 1.07 bits per heavy atom. The van der Waals surface area contributed by atoms with Crippen LogP contribution in [0.1, 0.15) is 11.1 Å². The van der Waals surface area contributed by atoms with Crippen molar-refractivity contribution in [2.75, 3.05) is 38.3 Å². The molecule has 0 spiro atoms. The summed E-state index contributed by atoms with van der Waals surface area (Å²) in [4.78, 5) is 6.80. The largest absolute Gasteiger partial charge is 0.496 e. The third-order valence-electron chi connectivity index (χ3n) is 4.99. The van der Waals surface area contributed by atoms with E-state index in [0.29, 0.717) is 0 Å². The van der Waals surface area contributed by atoms with Crippen LogP contribution in [0.2, 0.25) is 0 Å². The van der Waals surface area contributed by atoms with Crippen LogP contribution < -0.4 is 15.0 Å². The van der Waals surface area contributed by atoms with Crippen molar-refractivity contribution in [3.63, 3.8) is 0 Å². The predicted molar refractivity (Wildman–Crippen MR) is 108 cm³/mol. The summed E-state index contributed by atoms with van der Waals surface area (Å²) in [6.07, 6.45) is 1.89. The number of aromatic nitrogens is 1. The summed E-state index contributed by atoms with van der Waals surface area (Å²) < 4.78 is 11.0. The quantitative estimate of drug-likeness (QED) is 0.728. The maximum absolute atomic E-state index is 5.59. The van der Waals surface area contributed by atoms with Crippen molar-refractivity contribution in [3.05, 3.63) is 65.9 Å². The van der Waals surface area contributed by atoms with Crippen LogP contribution in [-0.4, -0.2) is 38.4 Å². The van der Waals surface area contributed by atoms with Crippen LogP contribution in [0.4, 0.5) is 5.82 Å². The molecule has 0 amide bonds. The summed E-state index contributed by atoms with van der Waals surface area (Å²) in [5.74, 6) is 1.95. The summed E-state index contributed by atoms with van der Waals surface area (Å²) in [5, 5.41) is 6.02. The molecule has 0 radical (unpaired) electrons. The molecule has 0 atom stereocenters. The summed E-state index contributed by atoms with van der Waals surface area (Å²) >= 11 is 0. The molecule has 5 heteroatoms. The fraction of sp³-hybridized carbons (Fsp3) is 0.318.